The number of hydrogen-bond donors (Lipinski definition) is 3. The van der Waals surface area contributed by atoms with Crippen LogP contribution in [0.25, 0.3) is 10.9 Å². The van der Waals surface area contributed by atoms with Crippen molar-refractivity contribution in [3.05, 3.63) is 35.5 Å². The maximum Gasteiger partial charge on any atom is 0.191 e. The molecule has 0 atom stereocenters. The molecule has 1 aromatic carbocycles. The van der Waals surface area contributed by atoms with Crippen molar-refractivity contribution in [2.45, 2.75) is 33.2 Å². The third-order valence-electron chi connectivity index (χ3n) is 3.26. The molecule has 0 aliphatic rings. The molecule has 3 N–H and O–H groups in total. The molecule has 4 heteroatoms. The fourth-order valence-electron chi connectivity index (χ4n) is 2.29. The Morgan fingerprint density at radius 2 is 2.15 bits per heavy atom. The van der Waals surface area contributed by atoms with Crippen molar-refractivity contribution in [2.75, 3.05) is 13.6 Å². The molecule has 108 valence electrons. The lowest BCUT2D eigenvalue weighted by Crippen LogP contribution is -2.41. The Labute approximate surface area is 120 Å². The monoisotopic (exact) mass is 272 g/mol. The van der Waals surface area contributed by atoms with Crippen molar-refractivity contribution in [2.24, 2.45) is 4.99 Å². The van der Waals surface area contributed by atoms with Crippen molar-refractivity contribution >= 4 is 16.9 Å². The summed E-state index contributed by atoms with van der Waals surface area (Å²) < 4.78 is 0. The van der Waals surface area contributed by atoms with E-state index in [1.54, 1.807) is 7.05 Å². The molecule has 0 amide bonds. The van der Waals surface area contributed by atoms with Gasteiger partial charge >= 0.3 is 0 Å². The molecule has 0 aliphatic carbocycles. The quantitative estimate of drug-likeness (QED) is 0.592. The Kier molecular flexibility index (Phi) is 4.66. The predicted molar refractivity (Wildman–Crippen MR) is 86.4 cm³/mol. The van der Waals surface area contributed by atoms with Crippen LogP contribution in [0, 0.1) is 6.92 Å². The standard InChI is InChI=1S/C16H24N4/c1-11(2)20-16(17-4)18-8-7-13-10-19-15-9-12(3)5-6-14(13)15/h5-6,9-11,19H,7-8H2,1-4H3,(H2,17,18,20). The summed E-state index contributed by atoms with van der Waals surface area (Å²) in [5.74, 6) is 0.857. The molecule has 2 aromatic rings. The van der Waals surface area contributed by atoms with E-state index in [-0.39, 0.29) is 0 Å². The highest BCUT2D eigenvalue weighted by atomic mass is 15.2. The van der Waals surface area contributed by atoms with Crippen molar-refractivity contribution < 1.29 is 0 Å². The van der Waals surface area contributed by atoms with E-state index in [1.807, 2.05) is 0 Å². The molecule has 4 nitrogen and oxygen atoms in total. The van der Waals surface area contributed by atoms with E-state index in [1.165, 1.54) is 22.0 Å². The SMILES string of the molecule is CN=C(NCCc1c[nH]c2cc(C)ccc12)NC(C)C. The molecule has 0 saturated heterocycles. The zero-order valence-electron chi connectivity index (χ0n) is 12.7. The van der Waals surface area contributed by atoms with Gasteiger partial charge in [0.25, 0.3) is 0 Å². The first-order valence-electron chi connectivity index (χ1n) is 7.14. The lowest BCUT2D eigenvalue weighted by molar-refractivity contribution is 0.698. The van der Waals surface area contributed by atoms with Gasteiger partial charge in [-0.25, -0.2) is 0 Å². The summed E-state index contributed by atoms with van der Waals surface area (Å²) in [5, 5.41) is 7.93. The molecule has 1 aromatic heterocycles. The summed E-state index contributed by atoms with van der Waals surface area (Å²) in [4.78, 5) is 7.55. The van der Waals surface area contributed by atoms with E-state index in [0.29, 0.717) is 6.04 Å². The second kappa shape index (κ2) is 6.46. The van der Waals surface area contributed by atoms with E-state index in [0.717, 1.165) is 18.9 Å². The lowest BCUT2D eigenvalue weighted by Gasteiger charge is -2.14. The number of aliphatic imine (C=N–C) groups is 1. The van der Waals surface area contributed by atoms with Crippen molar-refractivity contribution in [1.29, 1.82) is 0 Å². The Morgan fingerprint density at radius 1 is 1.35 bits per heavy atom. The number of H-pyrrole nitrogens is 1. The molecule has 1 heterocycles. The van der Waals surface area contributed by atoms with E-state index < -0.39 is 0 Å². The second-order valence-electron chi connectivity index (χ2n) is 5.41. The number of guanidine groups is 1. The molecule has 0 fully saturated rings. The number of aromatic amines is 1. The third-order valence-corrected chi connectivity index (χ3v) is 3.26. The van der Waals surface area contributed by atoms with Crippen LogP contribution in [0.4, 0.5) is 0 Å². The number of aromatic nitrogens is 1. The normalized spacial score (nSPS) is 12.2. The van der Waals surface area contributed by atoms with Crippen LogP contribution < -0.4 is 10.6 Å². The van der Waals surface area contributed by atoms with Gasteiger partial charge in [-0.05, 0) is 44.4 Å². The highest BCUT2D eigenvalue weighted by Crippen LogP contribution is 2.19. The van der Waals surface area contributed by atoms with Gasteiger partial charge in [-0.3, -0.25) is 4.99 Å². The van der Waals surface area contributed by atoms with Gasteiger partial charge < -0.3 is 15.6 Å². The van der Waals surface area contributed by atoms with Crippen molar-refractivity contribution in [3.8, 4) is 0 Å². The first-order chi connectivity index (χ1) is 9.60. The van der Waals surface area contributed by atoms with Crippen molar-refractivity contribution in [3.63, 3.8) is 0 Å². The lowest BCUT2D eigenvalue weighted by atomic mass is 10.1. The Balaban J connectivity index is 1.96. The zero-order valence-corrected chi connectivity index (χ0v) is 12.7. The number of rotatable bonds is 4. The fourth-order valence-corrected chi connectivity index (χ4v) is 2.29. The summed E-state index contributed by atoms with van der Waals surface area (Å²) in [6, 6.07) is 6.92. The van der Waals surface area contributed by atoms with Crippen LogP contribution in [0.2, 0.25) is 0 Å². The Bertz CT molecular complexity index is 596. The fraction of sp³-hybridized carbons (Fsp3) is 0.438. The largest absolute Gasteiger partial charge is 0.361 e. The molecule has 0 saturated carbocycles. The van der Waals surface area contributed by atoms with Crippen LogP contribution in [0.1, 0.15) is 25.0 Å². The van der Waals surface area contributed by atoms with Crippen LogP contribution in [-0.4, -0.2) is 30.6 Å². The molecule has 2 rings (SSSR count). The van der Waals surface area contributed by atoms with Gasteiger partial charge in [0, 0.05) is 36.7 Å². The van der Waals surface area contributed by atoms with E-state index in [4.69, 9.17) is 0 Å². The maximum atomic E-state index is 4.21. The molecule has 0 aliphatic heterocycles. The van der Waals surface area contributed by atoms with Gasteiger partial charge in [0.05, 0.1) is 0 Å². The maximum absolute atomic E-state index is 4.21. The smallest absolute Gasteiger partial charge is 0.191 e. The van der Waals surface area contributed by atoms with E-state index in [2.05, 4.69) is 65.8 Å². The molecule has 0 bridgehead atoms. The van der Waals surface area contributed by atoms with Gasteiger partial charge in [-0.2, -0.15) is 0 Å². The van der Waals surface area contributed by atoms with Gasteiger partial charge in [-0.15, -0.1) is 0 Å². The van der Waals surface area contributed by atoms with Gasteiger partial charge in [0.2, 0.25) is 0 Å². The van der Waals surface area contributed by atoms with Crippen LogP contribution in [0.5, 0.6) is 0 Å². The second-order valence-corrected chi connectivity index (χ2v) is 5.41. The Morgan fingerprint density at radius 3 is 2.85 bits per heavy atom. The molecular weight excluding hydrogens is 248 g/mol. The number of benzene rings is 1. The molecule has 0 unspecified atom stereocenters. The van der Waals surface area contributed by atoms with Gasteiger partial charge in [0.1, 0.15) is 0 Å². The first kappa shape index (κ1) is 14.4. The minimum absolute atomic E-state index is 0.386. The predicted octanol–water partition coefficient (Wildman–Crippen LogP) is 2.59. The molecule has 20 heavy (non-hydrogen) atoms. The highest BCUT2D eigenvalue weighted by molar-refractivity contribution is 5.84. The summed E-state index contributed by atoms with van der Waals surface area (Å²) in [6.45, 7) is 7.19. The van der Waals surface area contributed by atoms with Crippen molar-refractivity contribution in [1.82, 2.24) is 15.6 Å². The van der Waals surface area contributed by atoms with Gasteiger partial charge in [0.15, 0.2) is 5.96 Å². The number of fused-ring (bicyclic) bond motifs is 1. The van der Waals surface area contributed by atoms with Crippen LogP contribution >= 0.6 is 0 Å². The average Bonchev–Trinajstić information content (AvgIpc) is 2.79. The van der Waals surface area contributed by atoms with E-state index in [9.17, 15) is 0 Å². The highest BCUT2D eigenvalue weighted by Gasteiger charge is 2.04. The van der Waals surface area contributed by atoms with E-state index >= 15 is 0 Å². The Hall–Kier alpha value is -1.97. The summed E-state index contributed by atoms with van der Waals surface area (Å²) in [6.07, 6.45) is 3.08. The molecular formula is C16H24N4. The minimum Gasteiger partial charge on any atom is -0.361 e. The van der Waals surface area contributed by atoms with Crippen LogP contribution in [0.15, 0.2) is 29.4 Å². The van der Waals surface area contributed by atoms with Crippen LogP contribution in [-0.2, 0) is 6.42 Å². The number of aryl methyl sites for hydroxylation is 1. The first-order valence-corrected chi connectivity index (χ1v) is 7.14. The topological polar surface area (TPSA) is 52.2 Å². The molecule has 0 spiro atoms. The summed E-state index contributed by atoms with van der Waals surface area (Å²) >= 11 is 0. The minimum atomic E-state index is 0.386. The summed E-state index contributed by atoms with van der Waals surface area (Å²) in [7, 11) is 1.80. The van der Waals surface area contributed by atoms with Gasteiger partial charge in [-0.1, -0.05) is 12.1 Å². The van der Waals surface area contributed by atoms with Crippen LogP contribution in [0.3, 0.4) is 0 Å². The molecule has 0 radical (unpaired) electrons. The number of nitrogens with zero attached hydrogens (tertiary/aromatic N) is 1. The number of hydrogen-bond acceptors (Lipinski definition) is 1. The third kappa shape index (κ3) is 3.53. The average molecular weight is 272 g/mol. The number of nitrogens with one attached hydrogen (secondary N) is 3. The zero-order chi connectivity index (χ0) is 14.5. The summed E-state index contributed by atoms with van der Waals surface area (Å²) in [5.41, 5.74) is 3.84.